The van der Waals surface area contributed by atoms with Crippen molar-refractivity contribution >= 4 is 10.0 Å². The van der Waals surface area contributed by atoms with Crippen molar-refractivity contribution in [2.45, 2.75) is 39.7 Å². The summed E-state index contributed by atoms with van der Waals surface area (Å²) in [6.45, 7) is 4.93. The van der Waals surface area contributed by atoms with Crippen molar-refractivity contribution in [3.05, 3.63) is 17.5 Å². The predicted molar refractivity (Wildman–Crippen MR) is 77.5 cm³/mol. The summed E-state index contributed by atoms with van der Waals surface area (Å²) >= 11 is 0. The number of hydrogen-bond acceptors (Lipinski definition) is 4. The molecule has 0 radical (unpaired) electrons. The molecule has 6 nitrogen and oxygen atoms in total. The van der Waals surface area contributed by atoms with Gasteiger partial charge in [0.05, 0.1) is 23.4 Å². The van der Waals surface area contributed by atoms with Crippen LogP contribution in [0.2, 0.25) is 0 Å². The van der Waals surface area contributed by atoms with Gasteiger partial charge in [0, 0.05) is 24.3 Å². The molecule has 7 heteroatoms. The lowest BCUT2D eigenvalue weighted by atomic mass is 9.88. The summed E-state index contributed by atoms with van der Waals surface area (Å²) in [4.78, 5) is 0. The molecule has 1 saturated carbocycles. The number of nitrogens with one attached hydrogen (secondary N) is 1. The maximum absolute atomic E-state index is 12.7. The molecule has 1 aromatic rings. The SMILES string of the molecule is CC1(C)Cc2[nH]ncc2CN(S(=O)(=O)CC2(C#N)CC2)C1. The van der Waals surface area contributed by atoms with Crippen LogP contribution < -0.4 is 0 Å². The minimum atomic E-state index is -3.44. The highest BCUT2D eigenvalue weighted by atomic mass is 32.2. The predicted octanol–water partition coefficient (Wildman–Crippen LogP) is 1.43. The molecule has 1 aliphatic carbocycles. The van der Waals surface area contributed by atoms with E-state index < -0.39 is 15.4 Å². The number of aromatic amines is 1. The first-order valence-electron chi connectivity index (χ1n) is 7.16. The summed E-state index contributed by atoms with van der Waals surface area (Å²) in [7, 11) is -3.44. The molecule has 3 rings (SSSR count). The van der Waals surface area contributed by atoms with E-state index in [2.05, 4.69) is 30.1 Å². The van der Waals surface area contributed by atoms with E-state index in [4.69, 9.17) is 5.26 Å². The Labute approximate surface area is 125 Å². The van der Waals surface area contributed by atoms with E-state index in [1.165, 1.54) is 4.31 Å². The molecule has 1 fully saturated rings. The molecule has 1 aromatic heterocycles. The average Bonchev–Trinajstić information content (AvgIpc) is 3.05. The van der Waals surface area contributed by atoms with Crippen LogP contribution in [0.25, 0.3) is 0 Å². The summed E-state index contributed by atoms with van der Waals surface area (Å²) in [5, 5.41) is 16.2. The Hall–Kier alpha value is -1.39. The van der Waals surface area contributed by atoms with Gasteiger partial charge in [-0.2, -0.15) is 14.7 Å². The fraction of sp³-hybridized carbons (Fsp3) is 0.714. The van der Waals surface area contributed by atoms with Crippen LogP contribution in [0, 0.1) is 22.2 Å². The number of H-pyrrole nitrogens is 1. The standard InChI is InChI=1S/C14H20N4O2S/c1-13(2)5-12-11(6-16-17-12)7-18(9-13)21(19,20)10-14(8-15)3-4-14/h6H,3-5,7,9-10H2,1-2H3,(H,16,17). The third-order valence-electron chi connectivity index (χ3n) is 4.36. The summed E-state index contributed by atoms with van der Waals surface area (Å²) in [5.41, 5.74) is 1.15. The Morgan fingerprint density at radius 3 is 2.81 bits per heavy atom. The summed E-state index contributed by atoms with van der Waals surface area (Å²) in [5.74, 6) is -0.0558. The van der Waals surface area contributed by atoms with E-state index in [0.29, 0.717) is 25.9 Å². The van der Waals surface area contributed by atoms with Crippen molar-refractivity contribution in [1.82, 2.24) is 14.5 Å². The van der Waals surface area contributed by atoms with Crippen LogP contribution >= 0.6 is 0 Å². The van der Waals surface area contributed by atoms with E-state index in [-0.39, 0.29) is 11.2 Å². The van der Waals surface area contributed by atoms with Crippen LogP contribution in [-0.4, -0.2) is 35.2 Å². The van der Waals surface area contributed by atoms with Crippen molar-refractivity contribution in [2.75, 3.05) is 12.3 Å². The maximum Gasteiger partial charge on any atom is 0.216 e. The molecule has 1 aliphatic heterocycles. The maximum atomic E-state index is 12.7. The van der Waals surface area contributed by atoms with Gasteiger partial charge in [0.1, 0.15) is 0 Å². The molecular weight excluding hydrogens is 288 g/mol. The van der Waals surface area contributed by atoms with Crippen molar-refractivity contribution in [1.29, 1.82) is 5.26 Å². The molecule has 0 unspecified atom stereocenters. The summed E-state index contributed by atoms with van der Waals surface area (Å²) in [6, 6.07) is 2.17. The Balaban J connectivity index is 1.89. The van der Waals surface area contributed by atoms with Gasteiger partial charge in [0.25, 0.3) is 0 Å². The largest absolute Gasteiger partial charge is 0.282 e. The Morgan fingerprint density at radius 1 is 1.48 bits per heavy atom. The van der Waals surface area contributed by atoms with Gasteiger partial charge in [0.2, 0.25) is 10.0 Å². The first-order valence-corrected chi connectivity index (χ1v) is 8.77. The number of rotatable bonds is 3. The number of fused-ring (bicyclic) bond motifs is 1. The molecule has 0 amide bonds. The van der Waals surface area contributed by atoms with Gasteiger partial charge in [0.15, 0.2) is 0 Å². The van der Waals surface area contributed by atoms with Gasteiger partial charge < -0.3 is 0 Å². The van der Waals surface area contributed by atoms with Gasteiger partial charge in [-0.3, -0.25) is 5.10 Å². The third-order valence-corrected chi connectivity index (χ3v) is 6.32. The van der Waals surface area contributed by atoms with Crippen LogP contribution in [0.4, 0.5) is 0 Å². The quantitative estimate of drug-likeness (QED) is 0.914. The molecule has 2 aliphatic rings. The molecule has 2 heterocycles. The lowest BCUT2D eigenvalue weighted by Crippen LogP contribution is -2.40. The Morgan fingerprint density at radius 2 is 2.19 bits per heavy atom. The van der Waals surface area contributed by atoms with E-state index in [1.807, 2.05) is 0 Å². The van der Waals surface area contributed by atoms with Crippen molar-refractivity contribution < 1.29 is 8.42 Å². The van der Waals surface area contributed by atoms with Crippen LogP contribution in [0.3, 0.4) is 0 Å². The molecule has 114 valence electrons. The fourth-order valence-electron chi connectivity index (χ4n) is 2.96. The second kappa shape index (κ2) is 4.55. The minimum absolute atomic E-state index is 0.0558. The minimum Gasteiger partial charge on any atom is -0.282 e. The smallest absolute Gasteiger partial charge is 0.216 e. The third kappa shape index (κ3) is 2.83. The Kier molecular flexibility index (Phi) is 3.15. The molecular formula is C14H20N4O2S. The van der Waals surface area contributed by atoms with E-state index >= 15 is 0 Å². The van der Waals surface area contributed by atoms with Crippen LogP contribution in [-0.2, 0) is 23.0 Å². The van der Waals surface area contributed by atoms with Crippen LogP contribution in [0.15, 0.2) is 6.20 Å². The van der Waals surface area contributed by atoms with Gasteiger partial charge in [-0.25, -0.2) is 8.42 Å². The van der Waals surface area contributed by atoms with E-state index in [9.17, 15) is 8.42 Å². The highest BCUT2D eigenvalue weighted by Crippen LogP contribution is 2.46. The zero-order valence-electron chi connectivity index (χ0n) is 12.4. The van der Waals surface area contributed by atoms with Gasteiger partial charge in [-0.05, 0) is 24.7 Å². The molecule has 0 atom stereocenters. The normalized spacial score (nSPS) is 23.9. The van der Waals surface area contributed by atoms with E-state index in [0.717, 1.165) is 17.7 Å². The number of nitriles is 1. The summed E-state index contributed by atoms with van der Waals surface area (Å²) < 4.78 is 27.0. The molecule has 0 aromatic carbocycles. The number of sulfonamides is 1. The molecule has 1 N–H and O–H groups in total. The zero-order chi connectivity index (χ0) is 15.3. The fourth-order valence-corrected chi connectivity index (χ4v) is 5.08. The first kappa shape index (κ1) is 14.5. The molecule has 21 heavy (non-hydrogen) atoms. The monoisotopic (exact) mass is 308 g/mol. The lowest BCUT2D eigenvalue weighted by molar-refractivity contribution is 0.264. The number of nitrogens with zero attached hydrogens (tertiary/aromatic N) is 3. The highest BCUT2D eigenvalue weighted by Gasteiger charge is 2.49. The number of aromatic nitrogens is 2. The van der Waals surface area contributed by atoms with Crippen LogP contribution in [0.5, 0.6) is 0 Å². The lowest BCUT2D eigenvalue weighted by Gasteiger charge is -2.29. The summed E-state index contributed by atoms with van der Waals surface area (Å²) in [6.07, 6.45) is 3.86. The average molecular weight is 308 g/mol. The van der Waals surface area contributed by atoms with Crippen LogP contribution in [0.1, 0.15) is 37.9 Å². The number of hydrogen-bond donors (Lipinski definition) is 1. The van der Waals surface area contributed by atoms with Gasteiger partial charge in [-0.15, -0.1) is 0 Å². The molecule has 0 spiro atoms. The second-order valence-electron chi connectivity index (χ2n) is 7.13. The van der Waals surface area contributed by atoms with Crippen molar-refractivity contribution in [2.24, 2.45) is 10.8 Å². The topological polar surface area (TPSA) is 89.8 Å². The molecule has 0 bridgehead atoms. The Bertz CT molecular complexity index is 695. The van der Waals surface area contributed by atoms with Crippen molar-refractivity contribution in [3.8, 4) is 6.07 Å². The molecule has 0 saturated heterocycles. The van der Waals surface area contributed by atoms with Gasteiger partial charge >= 0.3 is 0 Å². The van der Waals surface area contributed by atoms with Gasteiger partial charge in [-0.1, -0.05) is 13.8 Å². The highest BCUT2D eigenvalue weighted by molar-refractivity contribution is 7.89. The zero-order valence-corrected chi connectivity index (χ0v) is 13.2. The first-order chi connectivity index (χ1) is 9.75. The second-order valence-corrected chi connectivity index (χ2v) is 9.10. The van der Waals surface area contributed by atoms with Crippen molar-refractivity contribution in [3.63, 3.8) is 0 Å². The van der Waals surface area contributed by atoms with E-state index in [1.54, 1.807) is 6.20 Å².